The molecule has 0 saturated heterocycles. The Morgan fingerprint density at radius 2 is 1.96 bits per heavy atom. The molecule has 2 aromatic carbocycles. The molecule has 134 valence electrons. The number of benzene rings is 2. The van der Waals surface area contributed by atoms with Crippen molar-refractivity contribution in [1.29, 1.82) is 0 Å². The van der Waals surface area contributed by atoms with Gasteiger partial charge in [0, 0.05) is 0 Å². The highest BCUT2D eigenvalue weighted by atomic mass is 19.1. The van der Waals surface area contributed by atoms with Crippen LogP contribution in [-0.4, -0.2) is 22.7 Å². The summed E-state index contributed by atoms with van der Waals surface area (Å²) in [6.07, 6.45) is 0.223. The van der Waals surface area contributed by atoms with Gasteiger partial charge in [0.15, 0.2) is 0 Å². The van der Waals surface area contributed by atoms with Crippen LogP contribution < -0.4 is 10.1 Å². The third-order valence-electron chi connectivity index (χ3n) is 3.62. The summed E-state index contributed by atoms with van der Waals surface area (Å²) < 4.78 is 24.1. The maximum absolute atomic E-state index is 13.7. The molecule has 26 heavy (non-hydrogen) atoms. The van der Waals surface area contributed by atoms with E-state index in [0.717, 1.165) is 11.3 Å². The van der Waals surface area contributed by atoms with Crippen molar-refractivity contribution in [2.24, 2.45) is 0 Å². The van der Waals surface area contributed by atoms with Crippen molar-refractivity contribution in [2.45, 2.75) is 19.9 Å². The Kier molecular flexibility index (Phi) is 5.58. The SMILES string of the molecule is CCOc1ccc(CC(=O)NCc2nc(-c3ccccc3F)no2)cc1. The summed E-state index contributed by atoms with van der Waals surface area (Å²) in [6, 6.07) is 13.5. The third-order valence-corrected chi connectivity index (χ3v) is 3.62. The monoisotopic (exact) mass is 355 g/mol. The molecule has 1 N–H and O–H groups in total. The molecule has 0 aliphatic heterocycles. The van der Waals surface area contributed by atoms with E-state index >= 15 is 0 Å². The lowest BCUT2D eigenvalue weighted by Crippen LogP contribution is -2.24. The van der Waals surface area contributed by atoms with Crippen LogP contribution in [0.1, 0.15) is 18.4 Å². The van der Waals surface area contributed by atoms with E-state index < -0.39 is 5.82 Å². The highest BCUT2D eigenvalue weighted by molar-refractivity contribution is 5.78. The standard InChI is InChI=1S/C19H18FN3O3/c1-2-25-14-9-7-13(8-10-14)11-17(24)21-12-18-22-19(23-26-18)15-5-3-4-6-16(15)20/h3-10H,2,11-12H2,1H3,(H,21,24). The van der Waals surface area contributed by atoms with Gasteiger partial charge in [0.25, 0.3) is 0 Å². The molecule has 1 amide bonds. The first-order chi connectivity index (χ1) is 12.7. The predicted molar refractivity (Wildman–Crippen MR) is 92.9 cm³/mol. The smallest absolute Gasteiger partial charge is 0.246 e. The van der Waals surface area contributed by atoms with E-state index in [1.807, 2.05) is 31.2 Å². The fourth-order valence-electron chi connectivity index (χ4n) is 2.37. The zero-order chi connectivity index (χ0) is 18.4. The quantitative estimate of drug-likeness (QED) is 0.704. The lowest BCUT2D eigenvalue weighted by Gasteiger charge is -2.05. The molecule has 3 aromatic rings. The molecule has 0 fully saturated rings. The summed E-state index contributed by atoms with van der Waals surface area (Å²) >= 11 is 0. The highest BCUT2D eigenvalue weighted by Gasteiger charge is 2.13. The van der Waals surface area contributed by atoms with Gasteiger partial charge in [0.1, 0.15) is 11.6 Å². The number of carbonyl (C=O) groups is 1. The summed E-state index contributed by atoms with van der Waals surface area (Å²) in [5.74, 6) is 0.518. The Balaban J connectivity index is 1.54. The molecule has 7 heteroatoms. The van der Waals surface area contributed by atoms with Crippen LogP contribution in [0.15, 0.2) is 53.1 Å². The average Bonchev–Trinajstić information content (AvgIpc) is 3.11. The molecule has 0 aliphatic carbocycles. The zero-order valence-electron chi connectivity index (χ0n) is 14.2. The molecule has 0 unspecified atom stereocenters. The number of nitrogens with zero attached hydrogens (tertiary/aromatic N) is 2. The van der Waals surface area contributed by atoms with Crippen LogP contribution in [0.5, 0.6) is 5.75 Å². The van der Waals surface area contributed by atoms with Crippen LogP contribution in [0, 0.1) is 5.82 Å². The summed E-state index contributed by atoms with van der Waals surface area (Å²) in [7, 11) is 0. The Morgan fingerprint density at radius 1 is 1.19 bits per heavy atom. The van der Waals surface area contributed by atoms with Crippen LogP contribution >= 0.6 is 0 Å². The molecular formula is C19H18FN3O3. The summed E-state index contributed by atoms with van der Waals surface area (Å²) in [4.78, 5) is 16.1. The van der Waals surface area contributed by atoms with Crippen LogP contribution in [0.2, 0.25) is 0 Å². The van der Waals surface area contributed by atoms with Crippen molar-refractivity contribution in [2.75, 3.05) is 6.61 Å². The molecule has 0 saturated carbocycles. The molecule has 0 spiro atoms. The number of halogens is 1. The molecule has 6 nitrogen and oxygen atoms in total. The van der Waals surface area contributed by atoms with Crippen molar-refractivity contribution in [1.82, 2.24) is 15.5 Å². The molecule has 0 bridgehead atoms. The molecular weight excluding hydrogens is 337 g/mol. The lowest BCUT2D eigenvalue weighted by molar-refractivity contribution is -0.120. The largest absolute Gasteiger partial charge is 0.494 e. The molecule has 0 radical (unpaired) electrons. The van der Waals surface area contributed by atoms with Gasteiger partial charge in [-0.1, -0.05) is 29.4 Å². The number of carbonyl (C=O) groups excluding carboxylic acids is 1. The maximum atomic E-state index is 13.7. The van der Waals surface area contributed by atoms with E-state index in [-0.39, 0.29) is 36.2 Å². The van der Waals surface area contributed by atoms with E-state index in [1.54, 1.807) is 18.2 Å². The van der Waals surface area contributed by atoms with Crippen molar-refractivity contribution in [3.63, 3.8) is 0 Å². The summed E-state index contributed by atoms with van der Waals surface area (Å²) in [5, 5.41) is 6.45. The number of hydrogen-bond acceptors (Lipinski definition) is 5. The number of amides is 1. The fourth-order valence-corrected chi connectivity index (χ4v) is 2.37. The molecule has 3 rings (SSSR count). The maximum Gasteiger partial charge on any atom is 0.246 e. The Labute approximate surface area is 150 Å². The van der Waals surface area contributed by atoms with Crippen LogP contribution in [-0.2, 0) is 17.8 Å². The minimum Gasteiger partial charge on any atom is -0.494 e. The first-order valence-corrected chi connectivity index (χ1v) is 8.21. The third kappa shape index (κ3) is 4.44. The number of hydrogen-bond donors (Lipinski definition) is 1. The Morgan fingerprint density at radius 3 is 2.69 bits per heavy atom. The molecule has 1 aromatic heterocycles. The van der Waals surface area contributed by atoms with Crippen molar-refractivity contribution >= 4 is 5.91 Å². The fraction of sp³-hybridized carbons (Fsp3) is 0.211. The Hall–Kier alpha value is -3.22. The normalized spacial score (nSPS) is 10.5. The number of nitrogens with one attached hydrogen (secondary N) is 1. The number of aromatic nitrogens is 2. The molecule has 0 atom stereocenters. The summed E-state index contributed by atoms with van der Waals surface area (Å²) in [5.41, 5.74) is 1.12. The van der Waals surface area contributed by atoms with Crippen molar-refractivity contribution in [3.05, 3.63) is 65.8 Å². The van der Waals surface area contributed by atoms with Crippen LogP contribution in [0.4, 0.5) is 4.39 Å². The lowest BCUT2D eigenvalue weighted by atomic mass is 10.1. The molecule has 0 aliphatic rings. The van der Waals surface area contributed by atoms with Gasteiger partial charge in [-0.25, -0.2) is 4.39 Å². The second-order valence-corrected chi connectivity index (χ2v) is 5.52. The van der Waals surface area contributed by atoms with E-state index in [9.17, 15) is 9.18 Å². The zero-order valence-corrected chi connectivity index (χ0v) is 14.2. The first-order valence-electron chi connectivity index (χ1n) is 8.21. The molecule has 1 heterocycles. The van der Waals surface area contributed by atoms with Crippen molar-refractivity contribution in [3.8, 4) is 17.1 Å². The minimum absolute atomic E-state index is 0.0807. The minimum atomic E-state index is -0.431. The second-order valence-electron chi connectivity index (χ2n) is 5.52. The van der Waals surface area contributed by atoms with Gasteiger partial charge in [-0.2, -0.15) is 4.98 Å². The van der Waals surface area contributed by atoms with Crippen LogP contribution in [0.3, 0.4) is 0 Å². The van der Waals surface area contributed by atoms with Gasteiger partial charge in [-0.15, -0.1) is 0 Å². The van der Waals surface area contributed by atoms with Crippen molar-refractivity contribution < 1.29 is 18.4 Å². The van der Waals surface area contributed by atoms with Gasteiger partial charge in [-0.05, 0) is 36.8 Å². The van der Waals surface area contributed by atoms with Gasteiger partial charge < -0.3 is 14.6 Å². The topological polar surface area (TPSA) is 77.2 Å². The second kappa shape index (κ2) is 8.24. The van der Waals surface area contributed by atoms with Gasteiger partial charge in [-0.3, -0.25) is 4.79 Å². The average molecular weight is 355 g/mol. The van der Waals surface area contributed by atoms with Gasteiger partial charge >= 0.3 is 0 Å². The van der Waals surface area contributed by atoms with E-state index in [0.29, 0.717) is 6.61 Å². The first kappa shape index (κ1) is 17.6. The van der Waals surface area contributed by atoms with Gasteiger partial charge in [0.05, 0.1) is 25.1 Å². The highest BCUT2D eigenvalue weighted by Crippen LogP contribution is 2.19. The van der Waals surface area contributed by atoms with Gasteiger partial charge in [0.2, 0.25) is 17.6 Å². The predicted octanol–water partition coefficient (Wildman–Crippen LogP) is 3.13. The van der Waals surface area contributed by atoms with E-state index in [1.165, 1.54) is 6.07 Å². The van der Waals surface area contributed by atoms with E-state index in [2.05, 4.69) is 15.5 Å². The summed E-state index contributed by atoms with van der Waals surface area (Å²) in [6.45, 7) is 2.59. The number of rotatable bonds is 7. The van der Waals surface area contributed by atoms with E-state index in [4.69, 9.17) is 9.26 Å². The van der Waals surface area contributed by atoms with Crippen LogP contribution in [0.25, 0.3) is 11.4 Å². The Bertz CT molecular complexity index is 878. The number of ether oxygens (including phenoxy) is 1.